The number of ether oxygens (including phenoxy) is 2. The molecule has 0 radical (unpaired) electrons. The number of piperazine rings is 1. The van der Waals surface area contributed by atoms with E-state index in [1.807, 2.05) is 0 Å². The third-order valence-corrected chi connectivity index (χ3v) is 8.87. The van der Waals surface area contributed by atoms with Crippen molar-refractivity contribution >= 4 is 15.9 Å². The molecule has 1 aromatic rings. The summed E-state index contributed by atoms with van der Waals surface area (Å²) in [6, 6.07) is 4.79. The van der Waals surface area contributed by atoms with E-state index in [4.69, 9.17) is 9.47 Å². The first kappa shape index (κ1) is 25.2. The number of unbranched alkanes of at least 4 members (excludes halogenated alkanes) is 1. The Bertz CT molecular complexity index is 925. The van der Waals surface area contributed by atoms with E-state index in [1.54, 1.807) is 18.2 Å². The van der Waals surface area contributed by atoms with E-state index in [-0.39, 0.29) is 16.7 Å². The second-order valence-electron chi connectivity index (χ2n) is 9.48. The maximum Gasteiger partial charge on any atom is 0.243 e. The maximum absolute atomic E-state index is 13.2. The molecule has 0 saturated carbocycles. The number of benzene rings is 1. The zero-order valence-electron chi connectivity index (χ0n) is 20.2. The Morgan fingerprint density at radius 2 is 1.71 bits per heavy atom. The minimum absolute atomic E-state index is 0.0484. The molecule has 2 saturated heterocycles. The van der Waals surface area contributed by atoms with Crippen molar-refractivity contribution in [3.8, 4) is 11.5 Å². The Morgan fingerprint density at radius 1 is 1.00 bits per heavy atom. The predicted octanol–water partition coefficient (Wildman–Crippen LogP) is 1.39. The first-order valence-corrected chi connectivity index (χ1v) is 14.0. The third kappa shape index (κ3) is 6.41. The van der Waals surface area contributed by atoms with Crippen molar-refractivity contribution in [2.24, 2.45) is 5.92 Å². The van der Waals surface area contributed by atoms with Crippen LogP contribution in [0.5, 0.6) is 11.5 Å². The molecule has 0 aliphatic carbocycles. The first-order valence-electron chi connectivity index (χ1n) is 12.5. The quantitative estimate of drug-likeness (QED) is 0.546. The zero-order valence-corrected chi connectivity index (χ0v) is 21.0. The van der Waals surface area contributed by atoms with Crippen molar-refractivity contribution in [3.63, 3.8) is 0 Å². The van der Waals surface area contributed by atoms with Crippen LogP contribution in [0.15, 0.2) is 23.1 Å². The van der Waals surface area contributed by atoms with E-state index in [0.29, 0.717) is 57.2 Å². The van der Waals surface area contributed by atoms with Crippen molar-refractivity contribution in [1.82, 2.24) is 19.4 Å². The lowest BCUT2D eigenvalue weighted by molar-refractivity contribution is -0.126. The molecule has 0 atom stereocenters. The average Bonchev–Trinajstić information content (AvgIpc) is 3.10. The van der Waals surface area contributed by atoms with Gasteiger partial charge in [0, 0.05) is 64.2 Å². The molecule has 1 N–H and O–H groups in total. The molecule has 4 rings (SSSR count). The van der Waals surface area contributed by atoms with Crippen LogP contribution in [-0.4, -0.2) is 101 Å². The number of nitrogens with zero attached hydrogens (tertiary/aromatic N) is 3. The fraction of sp³-hybridized carbons (Fsp3) is 0.708. The fourth-order valence-corrected chi connectivity index (χ4v) is 6.18. The Hall–Kier alpha value is -1.88. The minimum atomic E-state index is -3.64. The molecular formula is C24H38N4O5S. The largest absolute Gasteiger partial charge is 0.490 e. The van der Waals surface area contributed by atoms with Crippen LogP contribution in [0.4, 0.5) is 0 Å². The van der Waals surface area contributed by atoms with Crippen molar-refractivity contribution in [3.05, 3.63) is 18.2 Å². The smallest absolute Gasteiger partial charge is 0.243 e. The van der Waals surface area contributed by atoms with Crippen LogP contribution < -0.4 is 14.8 Å². The zero-order chi connectivity index (χ0) is 24.0. The number of carbonyl (C=O) groups excluding carboxylic acids is 1. The van der Waals surface area contributed by atoms with Gasteiger partial charge in [-0.3, -0.25) is 4.79 Å². The van der Waals surface area contributed by atoms with E-state index in [9.17, 15) is 13.2 Å². The van der Waals surface area contributed by atoms with Crippen molar-refractivity contribution in [1.29, 1.82) is 0 Å². The van der Waals surface area contributed by atoms with Crippen LogP contribution in [0.3, 0.4) is 0 Å². The highest BCUT2D eigenvalue weighted by atomic mass is 32.2. The van der Waals surface area contributed by atoms with Gasteiger partial charge < -0.3 is 24.6 Å². The van der Waals surface area contributed by atoms with Gasteiger partial charge in [0.05, 0.1) is 18.1 Å². The van der Waals surface area contributed by atoms with Gasteiger partial charge in [-0.05, 0) is 51.4 Å². The molecule has 2 fully saturated rings. The summed E-state index contributed by atoms with van der Waals surface area (Å²) >= 11 is 0. The van der Waals surface area contributed by atoms with E-state index < -0.39 is 10.0 Å². The monoisotopic (exact) mass is 494 g/mol. The lowest BCUT2D eigenvalue weighted by atomic mass is 9.97. The van der Waals surface area contributed by atoms with E-state index in [2.05, 4.69) is 22.2 Å². The normalized spacial score (nSPS) is 21.2. The van der Waals surface area contributed by atoms with Gasteiger partial charge in [0.2, 0.25) is 15.9 Å². The highest BCUT2D eigenvalue weighted by Crippen LogP contribution is 2.33. The Labute approximate surface area is 203 Å². The summed E-state index contributed by atoms with van der Waals surface area (Å²) in [5, 5.41) is 3.06. The fourth-order valence-electron chi connectivity index (χ4n) is 4.70. The number of amides is 1. The van der Waals surface area contributed by atoms with E-state index >= 15 is 0 Å². The summed E-state index contributed by atoms with van der Waals surface area (Å²) in [4.78, 5) is 17.6. The van der Waals surface area contributed by atoms with Gasteiger partial charge in [-0.2, -0.15) is 4.31 Å². The Morgan fingerprint density at radius 3 is 2.44 bits per heavy atom. The van der Waals surface area contributed by atoms with Crippen LogP contribution >= 0.6 is 0 Å². The molecule has 3 heterocycles. The van der Waals surface area contributed by atoms with E-state index in [0.717, 1.165) is 52.0 Å². The number of hydrogen-bond donors (Lipinski definition) is 1. The van der Waals surface area contributed by atoms with Gasteiger partial charge >= 0.3 is 0 Å². The van der Waals surface area contributed by atoms with Crippen LogP contribution in [-0.2, 0) is 14.8 Å². The first-order chi connectivity index (χ1) is 16.4. The van der Waals surface area contributed by atoms with Gasteiger partial charge in [0.15, 0.2) is 11.5 Å². The Balaban J connectivity index is 1.19. The number of hydrogen-bond acceptors (Lipinski definition) is 7. The molecule has 10 heteroatoms. The lowest BCUT2D eigenvalue weighted by Crippen LogP contribution is -2.45. The molecular weight excluding hydrogens is 456 g/mol. The molecule has 9 nitrogen and oxygen atoms in total. The maximum atomic E-state index is 13.2. The highest BCUT2D eigenvalue weighted by Gasteiger charge is 2.32. The SMILES string of the molecule is CN1CCN(CCCCNC(=O)C2CCN(S(=O)(=O)c3ccc4c(c3)OCCCO4)CC2)CC1. The van der Waals surface area contributed by atoms with Crippen LogP contribution in [0.2, 0.25) is 0 Å². The molecule has 0 aromatic heterocycles. The summed E-state index contributed by atoms with van der Waals surface area (Å²) in [5.41, 5.74) is 0. The molecule has 34 heavy (non-hydrogen) atoms. The summed E-state index contributed by atoms with van der Waals surface area (Å²) in [6.07, 6.45) is 3.89. The average molecular weight is 495 g/mol. The topological polar surface area (TPSA) is 91.4 Å². The van der Waals surface area contributed by atoms with Crippen molar-refractivity contribution < 1.29 is 22.7 Å². The Kier molecular flexibility index (Phi) is 8.68. The number of sulfonamides is 1. The second-order valence-corrected chi connectivity index (χ2v) is 11.4. The summed E-state index contributed by atoms with van der Waals surface area (Å²) < 4.78 is 39.0. The number of piperidine rings is 1. The number of fused-ring (bicyclic) bond motifs is 1. The molecule has 190 valence electrons. The van der Waals surface area contributed by atoms with Crippen LogP contribution in [0.25, 0.3) is 0 Å². The third-order valence-electron chi connectivity index (χ3n) is 6.98. The van der Waals surface area contributed by atoms with Crippen molar-refractivity contribution in [2.45, 2.75) is 37.0 Å². The molecule has 0 unspecified atom stereocenters. The van der Waals surface area contributed by atoms with Gasteiger partial charge in [-0.25, -0.2) is 8.42 Å². The molecule has 0 bridgehead atoms. The lowest BCUT2D eigenvalue weighted by Gasteiger charge is -2.32. The van der Waals surface area contributed by atoms with Gasteiger partial charge in [0.25, 0.3) is 0 Å². The van der Waals surface area contributed by atoms with E-state index in [1.165, 1.54) is 4.31 Å². The molecule has 3 aliphatic heterocycles. The van der Waals surface area contributed by atoms with Gasteiger partial charge in [-0.15, -0.1) is 0 Å². The number of likely N-dealkylation sites (N-methyl/N-ethyl adjacent to an activating group) is 1. The van der Waals surface area contributed by atoms with Gasteiger partial charge in [0.1, 0.15) is 0 Å². The van der Waals surface area contributed by atoms with Gasteiger partial charge in [-0.1, -0.05) is 0 Å². The van der Waals surface area contributed by atoms with Crippen LogP contribution in [0.1, 0.15) is 32.1 Å². The van der Waals surface area contributed by atoms with Crippen LogP contribution in [0, 0.1) is 5.92 Å². The standard InChI is InChI=1S/C24H38N4O5S/c1-26-13-15-27(16-14-26)10-3-2-9-25-24(29)20-7-11-28(12-8-20)34(30,31)21-5-6-22-23(19-21)33-18-4-17-32-22/h5-6,19-20H,2-4,7-18H2,1H3,(H,25,29). The molecule has 0 spiro atoms. The number of carbonyl (C=O) groups is 1. The minimum Gasteiger partial charge on any atom is -0.490 e. The second kappa shape index (κ2) is 11.7. The molecule has 1 amide bonds. The number of rotatable bonds is 8. The predicted molar refractivity (Wildman–Crippen MR) is 130 cm³/mol. The molecule has 3 aliphatic rings. The van der Waals surface area contributed by atoms with Crippen molar-refractivity contribution in [2.75, 3.05) is 72.6 Å². The summed E-state index contributed by atoms with van der Waals surface area (Å²) in [7, 11) is -1.48. The highest BCUT2D eigenvalue weighted by molar-refractivity contribution is 7.89. The summed E-state index contributed by atoms with van der Waals surface area (Å²) in [6.45, 7) is 8.02. The number of nitrogens with one attached hydrogen (secondary N) is 1. The molecule has 1 aromatic carbocycles. The summed E-state index contributed by atoms with van der Waals surface area (Å²) in [5.74, 6) is 0.968.